The van der Waals surface area contributed by atoms with Crippen LogP contribution in [0.3, 0.4) is 0 Å². The number of hydrogen-bond donors (Lipinski definition) is 0. The Morgan fingerprint density at radius 3 is 2.47 bits per heavy atom. The number of methoxy groups -OCH3 is 1. The maximum Gasteiger partial charge on any atom is 0.293 e. The van der Waals surface area contributed by atoms with E-state index in [4.69, 9.17) is 14.2 Å². The molecule has 1 saturated heterocycles. The fraction of sp³-hybridized carbons (Fsp3) is 0.161. The molecule has 1 aliphatic rings. The summed E-state index contributed by atoms with van der Waals surface area (Å²) in [6.45, 7) is 2.80. The van der Waals surface area contributed by atoms with Crippen molar-refractivity contribution in [3.63, 3.8) is 0 Å². The molecular formula is C31H27NO5S. The normalized spacial score (nSPS) is 14.4. The highest BCUT2D eigenvalue weighted by molar-refractivity contribution is 8.18. The van der Waals surface area contributed by atoms with E-state index in [2.05, 4.69) is 18.2 Å². The molecule has 1 heterocycles. The van der Waals surface area contributed by atoms with Crippen molar-refractivity contribution >= 4 is 39.8 Å². The van der Waals surface area contributed by atoms with Gasteiger partial charge in [-0.2, -0.15) is 0 Å². The van der Waals surface area contributed by atoms with Crippen LogP contribution in [0.4, 0.5) is 4.79 Å². The summed E-state index contributed by atoms with van der Waals surface area (Å²) in [7, 11) is 1.58. The minimum atomic E-state index is -0.331. The molecule has 0 bridgehead atoms. The van der Waals surface area contributed by atoms with Gasteiger partial charge in [0.25, 0.3) is 11.1 Å². The fourth-order valence-electron chi connectivity index (χ4n) is 4.20. The minimum Gasteiger partial charge on any atom is -0.493 e. The Kier molecular flexibility index (Phi) is 7.65. The maximum atomic E-state index is 12.9. The molecule has 0 saturated carbocycles. The van der Waals surface area contributed by atoms with E-state index in [1.54, 1.807) is 19.3 Å². The van der Waals surface area contributed by atoms with Gasteiger partial charge in [0.1, 0.15) is 19.0 Å². The Morgan fingerprint density at radius 2 is 1.66 bits per heavy atom. The molecule has 0 aromatic heterocycles. The SMILES string of the molecule is COc1cc(/C=C2\SC(=O)N(CCOc3ccc(C)cc3)C2=O)ccc1OCc1cccc2ccccc12. The van der Waals surface area contributed by atoms with Crippen LogP contribution in [0.1, 0.15) is 16.7 Å². The van der Waals surface area contributed by atoms with Gasteiger partial charge in [-0.25, -0.2) is 0 Å². The van der Waals surface area contributed by atoms with Crippen LogP contribution in [0.15, 0.2) is 89.8 Å². The third-order valence-corrected chi connectivity index (χ3v) is 7.13. The van der Waals surface area contributed by atoms with Gasteiger partial charge in [-0.05, 0) is 70.9 Å². The van der Waals surface area contributed by atoms with Crippen LogP contribution >= 0.6 is 11.8 Å². The summed E-state index contributed by atoms with van der Waals surface area (Å²) in [5, 5.41) is 1.99. The number of amides is 2. The second kappa shape index (κ2) is 11.4. The van der Waals surface area contributed by atoms with Crippen molar-refractivity contribution in [1.29, 1.82) is 0 Å². The summed E-state index contributed by atoms with van der Waals surface area (Å²) in [6, 6.07) is 27.4. The van der Waals surface area contributed by atoms with Crippen LogP contribution in [0.2, 0.25) is 0 Å². The van der Waals surface area contributed by atoms with Crippen LogP contribution < -0.4 is 14.2 Å². The molecule has 0 aliphatic carbocycles. The molecule has 5 rings (SSSR count). The molecule has 6 nitrogen and oxygen atoms in total. The van der Waals surface area contributed by atoms with Crippen molar-refractivity contribution < 1.29 is 23.8 Å². The van der Waals surface area contributed by atoms with E-state index in [0.29, 0.717) is 28.8 Å². The number of nitrogens with zero attached hydrogens (tertiary/aromatic N) is 1. The topological polar surface area (TPSA) is 65.1 Å². The lowest BCUT2D eigenvalue weighted by atomic mass is 10.1. The molecule has 0 N–H and O–H groups in total. The van der Waals surface area contributed by atoms with E-state index in [1.807, 2.05) is 67.6 Å². The van der Waals surface area contributed by atoms with Crippen molar-refractivity contribution in [2.24, 2.45) is 0 Å². The van der Waals surface area contributed by atoms with Gasteiger partial charge in [0.15, 0.2) is 11.5 Å². The number of hydrogen-bond acceptors (Lipinski definition) is 6. The Labute approximate surface area is 225 Å². The third-order valence-electron chi connectivity index (χ3n) is 6.23. The lowest BCUT2D eigenvalue weighted by Gasteiger charge is -2.13. The van der Waals surface area contributed by atoms with Crippen molar-refractivity contribution in [1.82, 2.24) is 4.90 Å². The van der Waals surface area contributed by atoms with E-state index >= 15 is 0 Å². The molecule has 0 unspecified atom stereocenters. The minimum absolute atomic E-state index is 0.181. The predicted octanol–water partition coefficient (Wildman–Crippen LogP) is 6.85. The molecular weight excluding hydrogens is 498 g/mol. The first-order valence-electron chi connectivity index (χ1n) is 12.2. The van der Waals surface area contributed by atoms with E-state index in [0.717, 1.165) is 39.2 Å². The number of benzene rings is 4. The zero-order valence-electron chi connectivity index (χ0n) is 21.2. The van der Waals surface area contributed by atoms with Gasteiger partial charge < -0.3 is 14.2 Å². The molecule has 1 aliphatic heterocycles. The molecule has 4 aromatic rings. The van der Waals surface area contributed by atoms with Crippen LogP contribution in [-0.4, -0.2) is 36.3 Å². The van der Waals surface area contributed by atoms with Gasteiger partial charge in [0.2, 0.25) is 0 Å². The van der Waals surface area contributed by atoms with Gasteiger partial charge in [0, 0.05) is 0 Å². The third kappa shape index (κ3) is 5.68. The summed E-state index contributed by atoms with van der Waals surface area (Å²) in [4.78, 5) is 27.0. The molecule has 1 fully saturated rings. The van der Waals surface area contributed by atoms with Crippen LogP contribution in [0, 0.1) is 6.92 Å². The average molecular weight is 526 g/mol. The molecule has 4 aromatic carbocycles. The van der Waals surface area contributed by atoms with Gasteiger partial charge >= 0.3 is 0 Å². The first kappa shape index (κ1) is 25.4. The second-order valence-electron chi connectivity index (χ2n) is 8.83. The van der Waals surface area contributed by atoms with Crippen LogP contribution in [-0.2, 0) is 11.4 Å². The highest BCUT2D eigenvalue weighted by Crippen LogP contribution is 2.35. The summed E-state index contributed by atoms with van der Waals surface area (Å²) >= 11 is 0.922. The number of ether oxygens (including phenoxy) is 3. The van der Waals surface area contributed by atoms with E-state index in [9.17, 15) is 9.59 Å². The van der Waals surface area contributed by atoms with Gasteiger partial charge in [-0.3, -0.25) is 14.5 Å². The second-order valence-corrected chi connectivity index (χ2v) is 9.83. The van der Waals surface area contributed by atoms with Crippen LogP contribution in [0.5, 0.6) is 17.2 Å². The standard InChI is InChI=1S/C31H27NO5S/c1-21-10-13-25(14-11-21)36-17-16-32-30(33)29(38-31(32)34)19-22-12-15-27(28(18-22)35-2)37-20-24-8-5-7-23-6-3-4-9-26(23)24/h3-15,18-19H,16-17,20H2,1-2H3/b29-19-. The number of imide groups is 1. The quantitative estimate of drug-likeness (QED) is 0.223. The number of rotatable bonds is 9. The molecule has 2 amide bonds. The summed E-state index contributed by atoms with van der Waals surface area (Å²) in [6.07, 6.45) is 1.70. The van der Waals surface area contributed by atoms with Crippen LogP contribution in [0.25, 0.3) is 16.8 Å². The molecule has 38 heavy (non-hydrogen) atoms. The lowest BCUT2D eigenvalue weighted by Crippen LogP contribution is -2.32. The number of fused-ring (bicyclic) bond motifs is 1. The summed E-state index contributed by atoms with van der Waals surface area (Å²) < 4.78 is 17.3. The number of carbonyl (C=O) groups is 2. The van der Waals surface area contributed by atoms with Crippen molar-refractivity contribution in [3.8, 4) is 17.2 Å². The Morgan fingerprint density at radius 1 is 0.868 bits per heavy atom. The first-order valence-corrected chi connectivity index (χ1v) is 13.1. The predicted molar refractivity (Wildman–Crippen MR) is 151 cm³/mol. The largest absolute Gasteiger partial charge is 0.493 e. The smallest absolute Gasteiger partial charge is 0.293 e. The Hall–Kier alpha value is -4.23. The summed E-state index contributed by atoms with van der Waals surface area (Å²) in [5.41, 5.74) is 2.95. The van der Waals surface area contributed by atoms with E-state index < -0.39 is 0 Å². The van der Waals surface area contributed by atoms with Crippen molar-refractivity contribution in [2.45, 2.75) is 13.5 Å². The molecule has 0 atom stereocenters. The van der Waals surface area contributed by atoms with E-state index in [1.165, 1.54) is 4.90 Å². The van der Waals surface area contributed by atoms with Gasteiger partial charge in [-0.1, -0.05) is 66.2 Å². The fourth-order valence-corrected chi connectivity index (χ4v) is 5.07. The first-order chi connectivity index (χ1) is 18.5. The van der Waals surface area contributed by atoms with Crippen molar-refractivity contribution in [2.75, 3.05) is 20.3 Å². The molecule has 7 heteroatoms. The lowest BCUT2D eigenvalue weighted by molar-refractivity contribution is -0.123. The summed E-state index contributed by atoms with van der Waals surface area (Å²) in [5.74, 6) is 1.51. The van der Waals surface area contributed by atoms with Gasteiger partial charge in [-0.15, -0.1) is 0 Å². The Balaban J connectivity index is 1.24. The number of carbonyl (C=O) groups excluding carboxylic acids is 2. The van der Waals surface area contributed by atoms with Gasteiger partial charge in [0.05, 0.1) is 18.6 Å². The number of aryl methyl sites for hydroxylation is 1. The number of thioether (sulfide) groups is 1. The monoisotopic (exact) mass is 525 g/mol. The zero-order valence-corrected chi connectivity index (χ0v) is 22.0. The molecule has 0 spiro atoms. The zero-order chi connectivity index (χ0) is 26.5. The van der Waals surface area contributed by atoms with E-state index in [-0.39, 0.29) is 24.3 Å². The molecule has 192 valence electrons. The highest BCUT2D eigenvalue weighted by atomic mass is 32.2. The maximum absolute atomic E-state index is 12.9. The highest BCUT2D eigenvalue weighted by Gasteiger charge is 2.34. The Bertz CT molecular complexity index is 1510. The average Bonchev–Trinajstić information content (AvgIpc) is 3.20. The molecule has 0 radical (unpaired) electrons. The van der Waals surface area contributed by atoms with Crippen molar-refractivity contribution in [3.05, 3.63) is 107 Å².